The Balaban J connectivity index is 1.78. The number of nitrogens with zero attached hydrogens (tertiary/aromatic N) is 3. The van der Waals surface area contributed by atoms with Gasteiger partial charge in [0.1, 0.15) is 11.3 Å². The number of amides is 1. The van der Waals surface area contributed by atoms with Crippen LogP contribution in [-0.2, 0) is 6.54 Å². The molecule has 1 amide bonds. The van der Waals surface area contributed by atoms with E-state index in [0.717, 1.165) is 11.2 Å². The van der Waals surface area contributed by atoms with Crippen molar-refractivity contribution in [2.45, 2.75) is 6.54 Å². The van der Waals surface area contributed by atoms with E-state index in [2.05, 4.69) is 4.98 Å². The molecule has 2 aromatic heterocycles. The average molecular weight is 311 g/mol. The van der Waals surface area contributed by atoms with Crippen molar-refractivity contribution < 1.29 is 14.6 Å². The predicted octanol–water partition coefficient (Wildman–Crippen LogP) is 2.32. The van der Waals surface area contributed by atoms with Gasteiger partial charge >= 0.3 is 0 Å². The molecule has 0 radical (unpaired) electrons. The zero-order valence-electron chi connectivity index (χ0n) is 12.9. The van der Waals surface area contributed by atoms with Gasteiger partial charge in [0.15, 0.2) is 11.5 Å². The van der Waals surface area contributed by atoms with Crippen molar-refractivity contribution in [2.24, 2.45) is 0 Å². The molecule has 3 aromatic rings. The minimum absolute atomic E-state index is 0.0542. The van der Waals surface area contributed by atoms with E-state index in [-0.39, 0.29) is 11.7 Å². The summed E-state index contributed by atoms with van der Waals surface area (Å²) in [6, 6.07) is 10.7. The molecule has 6 nitrogen and oxygen atoms in total. The van der Waals surface area contributed by atoms with Crippen LogP contribution in [0.1, 0.15) is 16.1 Å². The summed E-state index contributed by atoms with van der Waals surface area (Å²) in [5.41, 5.74) is 1.92. The Labute approximate surface area is 133 Å². The molecule has 118 valence electrons. The van der Waals surface area contributed by atoms with Gasteiger partial charge in [0.05, 0.1) is 7.11 Å². The molecule has 0 bridgehead atoms. The number of aromatic hydroxyl groups is 1. The van der Waals surface area contributed by atoms with Gasteiger partial charge in [-0.2, -0.15) is 0 Å². The molecule has 1 aromatic carbocycles. The van der Waals surface area contributed by atoms with Gasteiger partial charge in [-0.3, -0.25) is 4.79 Å². The second kappa shape index (κ2) is 6.00. The van der Waals surface area contributed by atoms with Crippen molar-refractivity contribution in [1.29, 1.82) is 0 Å². The summed E-state index contributed by atoms with van der Waals surface area (Å²) in [5, 5.41) is 9.81. The minimum Gasteiger partial charge on any atom is -0.504 e. The third-order valence-corrected chi connectivity index (χ3v) is 3.59. The van der Waals surface area contributed by atoms with Gasteiger partial charge in [0.25, 0.3) is 5.91 Å². The van der Waals surface area contributed by atoms with Crippen molar-refractivity contribution >= 4 is 11.6 Å². The number of pyridine rings is 1. The zero-order valence-corrected chi connectivity index (χ0v) is 12.9. The number of imidazole rings is 1. The lowest BCUT2D eigenvalue weighted by atomic mass is 10.2. The molecular weight excluding hydrogens is 294 g/mol. The van der Waals surface area contributed by atoms with E-state index in [0.29, 0.717) is 18.0 Å². The smallest absolute Gasteiger partial charge is 0.274 e. The second-order valence-corrected chi connectivity index (χ2v) is 5.26. The highest BCUT2D eigenvalue weighted by atomic mass is 16.5. The Morgan fingerprint density at radius 2 is 2.17 bits per heavy atom. The van der Waals surface area contributed by atoms with Gasteiger partial charge in [-0.1, -0.05) is 12.1 Å². The van der Waals surface area contributed by atoms with Crippen LogP contribution in [-0.4, -0.2) is 39.5 Å². The Morgan fingerprint density at radius 3 is 2.87 bits per heavy atom. The molecule has 0 aliphatic carbocycles. The van der Waals surface area contributed by atoms with Crippen molar-refractivity contribution in [1.82, 2.24) is 14.3 Å². The highest BCUT2D eigenvalue weighted by Gasteiger charge is 2.16. The fourth-order valence-corrected chi connectivity index (χ4v) is 2.41. The molecule has 0 atom stereocenters. The number of phenolic OH excluding ortho intramolecular Hbond substituents is 1. The van der Waals surface area contributed by atoms with Gasteiger partial charge in [-0.15, -0.1) is 0 Å². The maximum Gasteiger partial charge on any atom is 0.274 e. The molecule has 23 heavy (non-hydrogen) atoms. The largest absolute Gasteiger partial charge is 0.504 e. The second-order valence-electron chi connectivity index (χ2n) is 5.26. The highest BCUT2D eigenvalue weighted by molar-refractivity contribution is 5.92. The molecule has 0 spiro atoms. The summed E-state index contributed by atoms with van der Waals surface area (Å²) >= 11 is 0. The molecule has 3 rings (SSSR count). The Morgan fingerprint density at radius 1 is 1.35 bits per heavy atom. The first-order chi connectivity index (χ1) is 11.1. The molecule has 0 aliphatic heterocycles. The van der Waals surface area contributed by atoms with Crippen molar-refractivity contribution in [3.63, 3.8) is 0 Å². The van der Waals surface area contributed by atoms with Crippen LogP contribution in [0.15, 0.2) is 48.8 Å². The summed E-state index contributed by atoms with van der Waals surface area (Å²) in [4.78, 5) is 18.4. The number of carbonyl (C=O) groups excluding carboxylic acids is 1. The Hall–Kier alpha value is -3.02. The molecule has 6 heteroatoms. The van der Waals surface area contributed by atoms with Gasteiger partial charge < -0.3 is 19.1 Å². The summed E-state index contributed by atoms with van der Waals surface area (Å²) in [6.45, 7) is 0.365. The third-order valence-electron chi connectivity index (χ3n) is 3.59. The van der Waals surface area contributed by atoms with Crippen LogP contribution in [0.5, 0.6) is 11.5 Å². The molecule has 0 saturated heterocycles. The first-order valence-corrected chi connectivity index (χ1v) is 7.13. The van der Waals surface area contributed by atoms with Crippen molar-refractivity contribution in [3.8, 4) is 11.5 Å². The van der Waals surface area contributed by atoms with Gasteiger partial charge in [0, 0.05) is 26.0 Å². The number of hydrogen-bond donors (Lipinski definition) is 1. The van der Waals surface area contributed by atoms with Gasteiger partial charge in [-0.05, 0) is 29.8 Å². The quantitative estimate of drug-likeness (QED) is 0.803. The first-order valence-electron chi connectivity index (χ1n) is 7.13. The number of ether oxygens (including phenoxy) is 1. The number of fused-ring (bicyclic) bond motifs is 1. The molecule has 0 aliphatic rings. The molecule has 0 fully saturated rings. The molecule has 0 saturated carbocycles. The van der Waals surface area contributed by atoms with E-state index in [1.54, 1.807) is 34.7 Å². The maximum atomic E-state index is 12.5. The monoisotopic (exact) mass is 311 g/mol. The third kappa shape index (κ3) is 2.96. The summed E-state index contributed by atoms with van der Waals surface area (Å²) < 4.78 is 6.82. The number of methoxy groups -OCH3 is 1. The number of rotatable bonds is 4. The normalized spacial score (nSPS) is 10.7. The minimum atomic E-state index is -0.177. The van der Waals surface area contributed by atoms with Gasteiger partial charge in [0.2, 0.25) is 0 Å². The number of hydrogen-bond acceptors (Lipinski definition) is 4. The lowest BCUT2D eigenvalue weighted by molar-refractivity contribution is 0.0780. The lowest BCUT2D eigenvalue weighted by Crippen LogP contribution is -2.26. The summed E-state index contributed by atoms with van der Waals surface area (Å²) in [5.74, 6) is 0.283. The van der Waals surface area contributed by atoms with Crippen molar-refractivity contribution in [3.05, 3.63) is 60.0 Å². The van der Waals surface area contributed by atoms with Crippen LogP contribution in [0.3, 0.4) is 0 Å². The van der Waals surface area contributed by atoms with E-state index in [4.69, 9.17) is 4.74 Å². The molecule has 1 N–H and O–H groups in total. The van der Waals surface area contributed by atoms with Crippen LogP contribution >= 0.6 is 0 Å². The maximum absolute atomic E-state index is 12.5. The van der Waals surface area contributed by atoms with Crippen LogP contribution in [0, 0.1) is 0 Å². The topological polar surface area (TPSA) is 67.1 Å². The van der Waals surface area contributed by atoms with Crippen LogP contribution in [0.4, 0.5) is 0 Å². The number of aromatic nitrogens is 2. The van der Waals surface area contributed by atoms with Crippen molar-refractivity contribution in [2.75, 3.05) is 14.2 Å². The number of phenols is 1. The fourth-order valence-electron chi connectivity index (χ4n) is 2.41. The SMILES string of the molecule is COc1ccc(CN(C)C(=O)c2cn3ccccc3n2)cc1O. The molecule has 2 heterocycles. The van der Waals surface area contributed by atoms with Crippen LogP contribution < -0.4 is 4.74 Å². The van der Waals surface area contributed by atoms with E-state index in [1.165, 1.54) is 7.11 Å². The molecular formula is C17H17N3O3. The predicted molar refractivity (Wildman–Crippen MR) is 85.6 cm³/mol. The standard InChI is InChI=1S/C17H17N3O3/c1-19(10-12-6-7-15(23-2)14(21)9-12)17(22)13-11-20-8-4-3-5-16(20)18-13/h3-9,11,21H,10H2,1-2H3. The molecule has 0 unspecified atom stereocenters. The first kappa shape index (κ1) is 14.9. The summed E-state index contributed by atoms with van der Waals surface area (Å²) in [6.07, 6.45) is 3.56. The van der Waals surface area contributed by atoms with E-state index in [1.807, 2.05) is 30.5 Å². The van der Waals surface area contributed by atoms with Gasteiger partial charge in [-0.25, -0.2) is 4.98 Å². The Bertz CT molecular complexity index is 824. The van der Waals surface area contributed by atoms with E-state index in [9.17, 15) is 9.90 Å². The highest BCUT2D eigenvalue weighted by Crippen LogP contribution is 2.26. The lowest BCUT2D eigenvalue weighted by Gasteiger charge is -2.16. The average Bonchev–Trinajstić information content (AvgIpc) is 2.98. The fraction of sp³-hybridized carbons (Fsp3) is 0.176. The summed E-state index contributed by atoms with van der Waals surface area (Å²) in [7, 11) is 3.20. The number of benzene rings is 1. The van der Waals surface area contributed by atoms with E-state index < -0.39 is 0 Å². The van der Waals surface area contributed by atoms with Crippen LogP contribution in [0.25, 0.3) is 5.65 Å². The van der Waals surface area contributed by atoms with Crippen LogP contribution in [0.2, 0.25) is 0 Å². The van der Waals surface area contributed by atoms with E-state index >= 15 is 0 Å². The number of carbonyl (C=O) groups is 1. The zero-order chi connectivity index (χ0) is 16.4. The Kier molecular flexibility index (Phi) is 3.89.